The predicted molar refractivity (Wildman–Crippen MR) is 131 cm³/mol. The van der Waals surface area contributed by atoms with E-state index in [1.54, 1.807) is 6.07 Å². The Kier molecular flexibility index (Phi) is 5.38. The summed E-state index contributed by atoms with van der Waals surface area (Å²) in [5.74, 6) is -0.0683. The van der Waals surface area contributed by atoms with Crippen molar-refractivity contribution in [3.8, 4) is 28.0 Å². The van der Waals surface area contributed by atoms with Gasteiger partial charge in [0.1, 0.15) is 5.75 Å². The number of hydrogen-bond acceptors (Lipinski definition) is 4. The lowest BCUT2D eigenvalue weighted by Gasteiger charge is -2.15. The molecule has 3 aromatic carbocycles. The monoisotopic (exact) mass is 433 g/mol. The smallest absolute Gasteiger partial charge is 0.277 e. The lowest BCUT2D eigenvalue weighted by atomic mass is 9.99. The standard InChI is InChI=1S/C25H24ClN3O2/c1-27(2)19-10-5-16(6-11-19)18-9-14-22-21(15-18)24(30)23(25(31)29(22)26)17-7-12-20(13-8-17)28(3)4/h5-15,30H,1-4H3. The summed E-state index contributed by atoms with van der Waals surface area (Å²) in [5.41, 5.74) is 4.86. The Morgan fingerprint density at radius 2 is 1.23 bits per heavy atom. The molecule has 0 fully saturated rings. The average molecular weight is 434 g/mol. The van der Waals surface area contributed by atoms with Crippen molar-refractivity contribution in [2.45, 2.75) is 0 Å². The zero-order valence-electron chi connectivity index (χ0n) is 17.9. The van der Waals surface area contributed by atoms with Crippen LogP contribution < -0.4 is 15.4 Å². The molecule has 0 aliphatic rings. The minimum atomic E-state index is -0.452. The van der Waals surface area contributed by atoms with Crippen LogP contribution in [0.1, 0.15) is 0 Å². The molecule has 0 amide bonds. The normalized spacial score (nSPS) is 11.0. The van der Waals surface area contributed by atoms with Gasteiger partial charge in [-0.25, -0.2) is 4.09 Å². The molecule has 0 radical (unpaired) electrons. The van der Waals surface area contributed by atoms with E-state index in [-0.39, 0.29) is 11.3 Å². The molecule has 0 saturated carbocycles. The van der Waals surface area contributed by atoms with Gasteiger partial charge < -0.3 is 14.9 Å². The Morgan fingerprint density at radius 3 is 1.74 bits per heavy atom. The van der Waals surface area contributed by atoms with Crippen LogP contribution in [0, 0.1) is 0 Å². The number of anilines is 2. The van der Waals surface area contributed by atoms with E-state index in [2.05, 4.69) is 0 Å². The second-order valence-electron chi connectivity index (χ2n) is 7.92. The molecule has 0 atom stereocenters. The Bertz CT molecular complexity index is 1310. The third-order valence-electron chi connectivity index (χ3n) is 5.48. The van der Waals surface area contributed by atoms with E-state index < -0.39 is 5.56 Å². The molecule has 31 heavy (non-hydrogen) atoms. The maximum atomic E-state index is 12.9. The molecular weight excluding hydrogens is 410 g/mol. The molecule has 4 rings (SSSR count). The summed E-state index contributed by atoms with van der Waals surface area (Å²) in [5, 5.41) is 11.6. The van der Waals surface area contributed by atoms with Crippen molar-refractivity contribution in [2.24, 2.45) is 0 Å². The fraction of sp³-hybridized carbons (Fsp3) is 0.160. The van der Waals surface area contributed by atoms with Gasteiger partial charge in [-0.05, 0) is 53.1 Å². The van der Waals surface area contributed by atoms with Crippen LogP contribution >= 0.6 is 11.8 Å². The Morgan fingerprint density at radius 1 is 0.742 bits per heavy atom. The largest absolute Gasteiger partial charge is 0.506 e. The fourth-order valence-corrected chi connectivity index (χ4v) is 3.89. The van der Waals surface area contributed by atoms with Crippen LogP contribution in [0.5, 0.6) is 5.75 Å². The first kappa shape index (κ1) is 20.8. The highest BCUT2D eigenvalue weighted by molar-refractivity contribution is 6.19. The van der Waals surface area contributed by atoms with Crippen LogP contribution in [0.3, 0.4) is 0 Å². The van der Waals surface area contributed by atoms with Gasteiger partial charge in [0, 0.05) is 56.7 Å². The van der Waals surface area contributed by atoms with Crippen LogP contribution in [-0.2, 0) is 0 Å². The van der Waals surface area contributed by atoms with Crippen molar-refractivity contribution in [1.82, 2.24) is 4.09 Å². The van der Waals surface area contributed by atoms with Gasteiger partial charge in [0.15, 0.2) is 0 Å². The van der Waals surface area contributed by atoms with Crippen molar-refractivity contribution < 1.29 is 5.11 Å². The number of aromatic nitrogens is 1. The maximum Gasteiger partial charge on any atom is 0.277 e. The summed E-state index contributed by atoms with van der Waals surface area (Å²) in [4.78, 5) is 16.9. The van der Waals surface area contributed by atoms with Crippen LogP contribution in [0.2, 0.25) is 0 Å². The maximum absolute atomic E-state index is 12.9. The van der Waals surface area contributed by atoms with Crippen LogP contribution in [0.4, 0.5) is 11.4 Å². The van der Waals surface area contributed by atoms with Crippen LogP contribution in [0.15, 0.2) is 71.5 Å². The highest BCUT2D eigenvalue weighted by Gasteiger charge is 2.18. The highest BCUT2D eigenvalue weighted by Crippen LogP contribution is 2.36. The van der Waals surface area contributed by atoms with E-state index in [0.717, 1.165) is 26.6 Å². The van der Waals surface area contributed by atoms with E-state index >= 15 is 0 Å². The molecule has 0 spiro atoms. The second kappa shape index (κ2) is 8.00. The van der Waals surface area contributed by atoms with Crippen molar-refractivity contribution in [2.75, 3.05) is 38.0 Å². The van der Waals surface area contributed by atoms with Gasteiger partial charge in [-0.15, -0.1) is 0 Å². The first-order valence-corrected chi connectivity index (χ1v) is 10.2. The van der Waals surface area contributed by atoms with Crippen molar-refractivity contribution in [3.63, 3.8) is 0 Å². The van der Waals surface area contributed by atoms with E-state index in [0.29, 0.717) is 16.5 Å². The van der Waals surface area contributed by atoms with Crippen LogP contribution in [0.25, 0.3) is 33.2 Å². The second-order valence-corrected chi connectivity index (χ2v) is 8.26. The molecule has 0 bridgehead atoms. The SMILES string of the molecule is CN(C)c1ccc(-c2ccc3c(c2)c(O)c(-c2ccc(N(C)C)cc2)c(=O)n3Cl)cc1. The molecule has 0 aliphatic heterocycles. The lowest BCUT2D eigenvalue weighted by molar-refractivity contribution is 0.482. The third-order valence-corrected chi connectivity index (χ3v) is 5.82. The topological polar surface area (TPSA) is 48.7 Å². The first-order chi connectivity index (χ1) is 14.8. The first-order valence-electron chi connectivity index (χ1n) is 9.91. The number of benzene rings is 3. The predicted octanol–water partition coefficient (Wildman–Crippen LogP) is 5.18. The van der Waals surface area contributed by atoms with E-state index in [9.17, 15) is 9.90 Å². The van der Waals surface area contributed by atoms with Gasteiger partial charge in [-0.3, -0.25) is 4.79 Å². The van der Waals surface area contributed by atoms with E-state index in [1.165, 1.54) is 0 Å². The molecule has 0 saturated heterocycles. The van der Waals surface area contributed by atoms with Gasteiger partial charge in [-0.1, -0.05) is 30.3 Å². The molecule has 1 aromatic heterocycles. The minimum absolute atomic E-state index is 0.0683. The summed E-state index contributed by atoms with van der Waals surface area (Å²) in [6.07, 6.45) is 0. The average Bonchev–Trinajstić information content (AvgIpc) is 2.78. The van der Waals surface area contributed by atoms with Gasteiger partial charge >= 0.3 is 0 Å². The summed E-state index contributed by atoms with van der Waals surface area (Å²) >= 11 is 6.37. The Labute approximate surface area is 186 Å². The minimum Gasteiger partial charge on any atom is -0.506 e. The van der Waals surface area contributed by atoms with Gasteiger partial charge in [0.25, 0.3) is 5.56 Å². The summed E-state index contributed by atoms with van der Waals surface area (Å²) in [7, 11) is 7.88. The molecule has 4 aromatic rings. The number of hydrogen-bond donors (Lipinski definition) is 1. The quantitative estimate of drug-likeness (QED) is 0.482. The number of halogens is 1. The van der Waals surface area contributed by atoms with Crippen molar-refractivity contribution >= 4 is 34.1 Å². The number of fused-ring (bicyclic) bond motifs is 1. The third kappa shape index (κ3) is 3.73. The highest BCUT2D eigenvalue weighted by atomic mass is 35.5. The molecule has 5 nitrogen and oxygen atoms in total. The fourth-order valence-electron chi connectivity index (χ4n) is 3.66. The zero-order valence-corrected chi connectivity index (χ0v) is 18.7. The van der Waals surface area contributed by atoms with E-state index in [1.807, 2.05) is 98.7 Å². The number of rotatable bonds is 4. The molecule has 0 unspecified atom stereocenters. The lowest BCUT2D eigenvalue weighted by Crippen LogP contribution is -2.16. The molecule has 158 valence electrons. The number of pyridine rings is 1. The summed E-state index contributed by atoms with van der Waals surface area (Å²) in [6.45, 7) is 0. The molecule has 0 aliphatic carbocycles. The number of aromatic hydroxyl groups is 1. The van der Waals surface area contributed by atoms with Gasteiger partial charge in [-0.2, -0.15) is 0 Å². The Hall–Kier alpha value is -3.44. The van der Waals surface area contributed by atoms with Gasteiger partial charge in [0.05, 0.1) is 11.1 Å². The van der Waals surface area contributed by atoms with Crippen LogP contribution in [-0.4, -0.2) is 37.4 Å². The van der Waals surface area contributed by atoms with Crippen molar-refractivity contribution in [3.05, 3.63) is 77.1 Å². The molecule has 6 heteroatoms. The number of nitrogens with zero attached hydrogens (tertiary/aromatic N) is 3. The molecular formula is C25H24ClN3O2. The zero-order chi connectivity index (χ0) is 22.3. The Balaban J connectivity index is 1.88. The van der Waals surface area contributed by atoms with Crippen molar-refractivity contribution in [1.29, 1.82) is 0 Å². The van der Waals surface area contributed by atoms with Gasteiger partial charge in [0.2, 0.25) is 0 Å². The molecule has 1 N–H and O–H groups in total. The summed E-state index contributed by atoms with van der Waals surface area (Å²) in [6, 6.07) is 21.1. The van der Waals surface area contributed by atoms with E-state index in [4.69, 9.17) is 11.8 Å². The molecule has 1 heterocycles. The summed E-state index contributed by atoms with van der Waals surface area (Å²) < 4.78 is 1.07.